The van der Waals surface area contributed by atoms with Crippen molar-refractivity contribution in [2.45, 2.75) is 26.0 Å². The molecule has 1 unspecified atom stereocenters. The number of nitrogens with one attached hydrogen (secondary N) is 1. The summed E-state index contributed by atoms with van der Waals surface area (Å²) in [6.07, 6.45) is 0.703. The highest BCUT2D eigenvalue weighted by molar-refractivity contribution is 5.55. The molecule has 1 heterocycles. The summed E-state index contributed by atoms with van der Waals surface area (Å²) in [4.78, 5) is 2.27. The first-order valence-corrected chi connectivity index (χ1v) is 6.93. The van der Waals surface area contributed by atoms with Crippen molar-refractivity contribution < 1.29 is 9.84 Å². The topological polar surface area (TPSA) is 44.7 Å². The molecule has 2 rings (SSSR count). The molecule has 1 aromatic carbocycles. The summed E-state index contributed by atoms with van der Waals surface area (Å²) in [6.45, 7) is 6.32. The lowest BCUT2D eigenvalue weighted by molar-refractivity contribution is 0.198. The van der Waals surface area contributed by atoms with E-state index >= 15 is 0 Å². The fraction of sp³-hybridized carbons (Fsp3) is 0.600. The quantitative estimate of drug-likeness (QED) is 0.760. The Hall–Kier alpha value is -1.10. The zero-order valence-corrected chi connectivity index (χ0v) is 11.9. The number of anilines is 1. The lowest BCUT2D eigenvalue weighted by Crippen LogP contribution is -2.22. The Kier molecular flexibility index (Phi) is 5.19. The molecular weight excluding hydrogens is 240 g/mol. The van der Waals surface area contributed by atoms with Gasteiger partial charge in [0.1, 0.15) is 0 Å². The number of nitrogens with zero attached hydrogens (tertiary/aromatic N) is 1. The fourth-order valence-corrected chi connectivity index (χ4v) is 2.55. The van der Waals surface area contributed by atoms with E-state index in [1.807, 2.05) is 0 Å². The lowest BCUT2D eigenvalue weighted by Gasteiger charge is -2.21. The minimum Gasteiger partial charge on any atom is -0.391 e. The van der Waals surface area contributed by atoms with Gasteiger partial charge in [0.2, 0.25) is 0 Å². The number of methoxy groups -OCH3 is 1. The molecule has 0 aromatic heterocycles. The summed E-state index contributed by atoms with van der Waals surface area (Å²) in [5.41, 5.74) is 3.81. The van der Waals surface area contributed by atoms with Crippen LogP contribution < -0.4 is 10.2 Å². The van der Waals surface area contributed by atoms with E-state index in [2.05, 4.69) is 35.3 Å². The summed E-state index contributed by atoms with van der Waals surface area (Å²) in [5, 5.41) is 13.0. The van der Waals surface area contributed by atoms with Gasteiger partial charge >= 0.3 is 0 Å². The van der Waals surface area contributed by atoms with Gasteiger partial charge in [0.05, 0.1) is 12.7 Å². The minimum atomic E-state index is -0.171. The van der Waals surface area contributed by atoms with Crippen LogP contribution in [0.15, 0.2) is 18.2 Å². The highest BCUT2D eigenvalue weighted by Gasteiger charge is 2.21. The van der Waals surface area contributed by atoms with Gasteiger partial charge in [0.25, 0.3) is 0 Å². The van der Waals surface area contributed by atoms with Gasteiger partial charge in [-0.2, -0.15) is 0 Å². The molecule has 1 aliphatic rings. The van der Waals surface area contributed by atoms with Crippen LogP contribution in [0.1, 0.15) is 17.5 Å². The average molecular weight is 264 g/mol. The second-order valence-electron chi connectivity index (χ2n) is 5.18. The molecule has 0 aliphatic carbocycles. The van der Waals surface area contributed by atoms with Crippen LogP contribution in [0, 0.1) is 6.92 Å². The van der Waals surface area contributed by atoms with Gasteiger partial charge in [-0.25, -0.2) is 0 Å². The zero-order chi connectivity index (χ0) is 13.7. The third kappa shape index (κ3) is 3.93. The van der Waals surface area contributed by atoms with E-state index in [-0.39, 0.29) is 6.10 Å². The predicted octanol–water partition coefficient (Wildman–Crippen LogP) is 1.30. The van der Waals surface area contributed by atoms with Crippen LogP contribution in [-0.4, -0.2) is 44.6 Å². The van der Waals surface area contributed by atoms with Crippen LogP contribution in [0.2, 0.25) is 0 Å². The van der Waals surface area contributed by atoms with Gasteiger partial charge in [0, 0.05) is 39.0 Å². The van der Waals surface area contributed by atoms with Crippen molar-refractivity contribution in [2.75, 3.05) is 38.3 Å². The van der Waals surface area contributed by atoms with Crippen molar-refractivity contribution in [1.82, 2.24) is 5.32 Å². The summed E-state index contributed by atoms with van der Waals surface area (Å²) < 4.78 is 5.01. The molecule has 0 spiro atoms. The Labute approximate surface area is 115 Å². The molecule has 1 fully saturated rings. The van der Waals surface area contributed by atoms with Crippen molar-refractivity contribution in [3.05, 3.63) is 29.3 Å². The van der Waals surface area contributed by atoms with E-state index < -0.39 is 0 Å². The molecule has 0 radical (unpaired) electrons. The maximum absolute atomic E-state index is 9.61. The van der Waals surface area contributed by atoms with E-state index in [4.69, 9.17) is 4.74 Å². The molecule has 0 bridgehead atoms. The first-order valence-electron chi connectivity index (χ1n) is 6.93. The van der Waals surface area contributed by atoms with Crippen LogP contribution in [0.25, 0.3) is 0 Å². The highest BCUT2D eigenvalue weighted by Crippen LogP contribution is 2.25. The first kappa shape index (κ1) is 14.3. The van der Waals surface area contributed by atoms with Crippen LogP contribution in [-0.2, 0) is 11.3 Å². The van der Waals surface area contributed by atoms with Gasteiger partial charge in [0.15, 0.2) is 0 Å². The van der Waals surface area contributed by atoms with Crippen LogP contribution >= 0.6 is 0 Å². The number of hydrogen-bond acceptors (Lipinski definition) is 4. The normalized spacial score (nSPS) is 19.1. The van der Waals surface area contributed by atoms with Crippen molar-refractivity contribution in [3.8, 4) is 0 Å². The molecule has 1 aliphatic heterocycles. The van der Waals surface area contributed by atoms with E-state index in [0.29, 0.717) is 0 Å². The fourth-order valence-electron chi connectivity index (χ4n) is 2.55. The molecule has 106 valence electrons. The second-order valence-corrected chi connectivity index (χ2v) is 5.18. The SMILES string of the molecule is COCCNCc1ccc(N2CCC(O)C2)c(C)c1. The molecular formula is C15H24N2O2. The monoisotopic (exact) mass is 264 g/mol. The predicted molar refractivity (Wildman–Crippen MR) is 77.6 cm³/mol. The van der Waals surface area contributed by atoms with Gasteiger partial charge in [-0.15, -0.1) is 0 Å². The van der Waals surface area contributed by atoms with Crippen LogP contribution in [0.5, 0.6) is 0 Å². The molecule has 1 atom stereocenters. The van der Waals surface area contributed by atoms with E-state index in [9.17, 15) is 5.11 Å². The van der Waals surface area contributed by atoms with Crippen molar-refractivity contribution >= 4 is 5.69 Å². The average Bonchev–Trinajstić information content (AvgIpc) is 2.81. The van der Waals surface area contributed by atoms with Crippen LogP contribution in [0.4, 0.5) is 5.69 Å². The summed E-state index contributed by atoms with van der Waals surface area (Å²) in [5.74, 6) is 0. The van der Waals surface area contributed by atoms with E-state index in [1.165, 1.54) is 16.8 Å². The Morgan fingerprint density at radius 2 is 2.32 bits per heavy atom. The van der Waals surface area contributed by atoms with Gasteiger partial charge in [-0.3, -0.25) is 0 Å². The summed E-state index contributed by atoms with van der Waals surface area (Å²) in [7, 11) is 1.71. The van der Waals surface area contributed by atoms with Crippen molar-refractivity contribution in [3.63, 3.8) is 0 Å². The number of benzene rings is 1. The number of aliphatic hydroxyl groups is 1. The Bertz CT molecular complexity index is 409. The van der Waals surface area contributed by atoms with Gasteiger partial charge < -0.3 is 20.1 Å². The van der Waals surface area contributed by atoms with Crippen molar-refractivity contribution in [2.24, 2.45) is 0 Å². The number of hydrogen-bond donors (Lipinski definition) is 2. The highest BCUT2D eigenvalue weighted by atomic mass is 16.5. The molecule has 4 nitrogen and oxygen atoms in total. The number of aliphatic hydroxyl groups excluding tert-OH is 1. The summed E-state index contributed by atoms with van der Waals surface area (Å²) in [6, 6.07) is 6.55. The Morgan fingerprint density at radius 1 is 1.47 bits per heavy atom. The number of rotatable bonds is 6. The second kappa shape index (κ2) is 6.89. The lowest BCUT2D eigenvalue weighted by atomic mass is 10.1. The molecule has 1 aromatic rings. The van der Waals surface area contributed by atoms with E-state index in [0.717, 1.165) is 39.2 Å². The van der Waals surface area contributed by atoms with E-state index in [1.54, 1.807) is 7.11 Å². The summed E-state index contributed by atoms with van der Waals surface area (Å²) >= 11 is 0. The third-order valence-electron chi connectivity index (χ3n) is 3.58. The molecule has 0 saturated carbocycles. The number of β-amino-alcohol motifs (C(OH)–C–C–N with tert-alkyl or cyclic N) is 1. The number of ether oxygens (including phenoxy) is 1. The number of aryl methyl sites for hydroxylation is 1. The first-order chi connectivity index (χ1) is 9.20. The maximum Gasteiger partial charge on any atom is 0.0731 e. The molecule has 0 amide bonds. The smallest absolute Gasteiger partial charge is 0.0731 e. The molecule has 4 heteroatoms. The van der Waals surface area contributed by atoms with Crippen LogP contribution in [0.3, 0.4) is 0 Å². The largest absolute Gasteiger partial charge is 0.391 e. The maximum atomic E-state index is 9.61. The zero-order valence-electron chi connectivity index (χ0n) is 11.9. The molecule has 1 saturated heterocycles. The molecule has 2 N–H and O–H groups in total. The Balaban J connectivity index is 1.93. The molecule has 19 heavy (non-hydrogen) atoms. The van der Waals surface area contributed by atoms with Crippen molar-refractivity contribution in [1.29, 1.82) is 0 Å². The minimum absolute atomic E-state index is 0.171. The Morgan fingerprint density at radius 3 is 2.95 bits per heavy atom. The standard InChI is InChI=1S/C15H24N2O2/c1-12-9-13(10-16-6-8-19-2)3-4-15(12)17-7-5-14(18)11-17/h3-4,9,14,16,18H,5-8,10-11H2,1-2H3. The third-order valence-corrected chi connectivity index (χ3v) is 3.58. The van der Waals surface area contributed by atoms with Gasteiger partial charge in [-0.1, -0.05) is 12.1 Å². The van der Waals surface area contributed by atoms with Gasteiger partial charge in [-0.05, 0) is 30.5 Å².